The molecule has 4 N–H and O–H groups in total. The third kappa shape index (κ3) is 3.02. The molecule has 1 unspecified atom stereocenters. The molecule has 0 spiro atoms. The first-order valence-electron chi connectivity index (χ1n) is 6.14. The first-order chi connectivity index (χ1) is 9.29. The number of anilines is 1. The Kier molecular flexibility index (Phi) is 3.87. The maximum Gasteiger partial charge on any atom is 0.240 e. The van der Waals surface area contributed by atoms with Crippen LogP contribution in [0.25, 0.3) is 0 Å². The Morgan fingerprint density at radius 3 is 2.75 bits per heavy atom. The van der Waals surface area contributed by atoms with Crippen LogP contribution in [0, 0.1) is 0 Å². The zero-order valence-corrected chi connectivity index (χ0v) is 11.9. The summed E-state index contributed by atoms with van der Waals surface area (Å²) in [6.45, 7) is 0.339. The Labute approximate surface area is 117 Å². The number of hydrogen-bond acceptors (Lipinski definition) is 5. The van der Waals surface area contributed by atoms with Crippen molar-refractivity contribution >= 4 is 21.6 Å². The summed E-state index contributed by atoms with van der Waals surface area (Å²) >= 11 is 0. The zero-order valence-electron chi connectivity index (χ0n) is 11.0. The van der Waals surface area contributed by atoms with Crippen LogP contribution in [-0.4, -0.2) is 44.0 Å². The van der Waals surface area contributed by atoms with Gasteiger partial charge in [-0.05, 0) is 24.6 Å². The molecule has 0 bridgehead atoms. The van der Waals surface area contributed by atoms with Gasteiger partial charge in [0.25, 0.3) is 0 Å². The smallest absolute Gasteiger partial charge is 0.240 e. The molecule has 0 radical (unpaired) electrons. The predicted octanol–water partition coefficient (Wildman–Crippen LogP) is -0.127. The third-order valence-electron chi connectivity index (χ3n) is 3.26. The van der Waals surface area contributed by atoms with E-state index >= 15 is 0 Å². The zero-order chi connectivity index (χ0) is 14.9. The molecular weight excluding hydrogens is 282 g/mol. The Morgan fingerprint density at radius 2 is 2.15 bits per heavy atom. The van der Waals surface area contributed by atoms with Gasteiger partial charge in [-0.1, -0.05) is 0 Å². The molecule has 110 valence electrons. The largest absolute Gasteiger partial charge is 0.506 e. The van der Waals surface area contributed by atoms with Crippen LogP contribution in [-0.2, 0) is 14.8 Å². The van der Waals surface area contributed by atoms with Crippen LogP contribution in [0.5, 0.6) is 5.75 Å². The molecular formula is C12H17N3O4S. The molecule has 1 atom stereocenters. The van der Waals surface area contributed by atoms with Crippen LogP contribution in [0.3, 0.4) is 0 Å². The number of phenolic OH excluding ortho intramolecular Hbond substituents is 1. The highest BCUT2D eigenvalue weighted by Gasteiger charge is 2.27. The van der Waals surface area contributed by atoms with Gasteiger partial charge >= 0.3 is 0 Å². The Balaban J connectivity index is 2.15. The number of likely N-dealkylation sites (tertiary alicyclic amines) is 1. The Morgan fingerprint density at radius 1 is 1.45 bits per heavy atom. The molecule has 1 amide bonds. The number of nitrogen functional groups attached to an aromatic ring is 1. The van der Waals surface area contributed by atoms with Crippen molar-refractivity contribution in [2.45, 2.75) is 23.8 Å². The molecule has 0 saturated carbocycles. The van der Waals surface area contributed by atoms with E-state index in [1.165, 1.54) is 23.1 Å². The number of phenols is 1. The molecule has 1 saturated heterocycles. The maximum absolute atomic E-state index is 12.2. The van der Waals surface area contributed by atoms with Crippen molar-refractivity contribution in [2.24, 2.45) is 0 Å². The highest BCUT2D eigenvalue weighted by atomic mass is 32.2. The minimum absolute atomic E-state index is 0.00353. The average Bonchev–Trinajstić information content (AvgIpc) is 2.37. The lowest BCUT2D eigenvalue weighted by Gasteiger charge is -2.29. The van der Waals surface area contributed by atoms with Gasteiger partial charge in [0.15, 0.2) is 0 Å². The summed E-state index contributed by atoms with van der Waals surface area (Å²) in [6.07, 6.45) is 0.789. The first kappa shape index (κ1) is 14.6. The standard InChI is InChI=1S/C12H17N3O4S/c1-15-7-8(2-5-12(15)17)14-20(18,19)9-3-4-11(16)10(13)6-9/h3-4,6,8,14,16H,2,5,7,13H2,1H3. The molecule has 1 aliphatic heterocycles. The van der Waals surface area contributed by atoms with E-state index in [0.29, 0.717) is 19.4 Å². The number of amides is 1. The minimum Gasteiger partial charge on any atom is -0.506 e. The molecule has 20 heavy (non-hydrogen) atoms. The number of nitrogens with two attached hydrogens (primary N) is 1. The molecule has 7 nitrogen and oxygen atoms in total. The quantitative estimate of drug-likeness (QED) is 0.532. The molecule has 0 aromatic heterocycles. The van der Waals surface area contributed by atoms with Gasteiger partial charge in [0.2, 0.25) is 15.9 Å². The van der Waals surface area contributed by atoms with Gasteiger partial charge in [0.05, 0.1) is 10.6 Å². The molecule has 1 aromatic rings. The highest BCUT2D eigenvalue weighted by molar-refractivity contribution is 7.89. The SMILES string of the molecule is CN1CC(NS(=O)(=O)c2ccc(O)c(N)c2)CCC1=O. The van der Waals surface area contributed by atoms with Gasteiger partial charge in [-0.3, -0.25) is 4.79 Å². The molecule has 2 rings (SSSR count). The van der Waals surface area contributed by atoms with E-state index in [-0.39, 0.29) is 28.3 Å². The van der Waals surface area contributed by atoms with Crippen molar-refractivity contribution < 1.29 is 18.3 Å². The topological polar surface area (TPSA) is 113 Å². The maximum atomic E-state index is 12.2. The third-order valence-corrected chi connectivity index (χ3v) is 4.78. The van der Waals surface area contributed by atoms with Crippen molar-refractivity contribution in [1.29, 1.82) is 0 Å². The number of aromatic hydroxyl groups is 1. The van der Waals surface area contributed by atoms with Crippen LogP contribution in [0.2, 0.25) is 0 Å². The predicted molar refractivity (Wildman–Crippen MR) is 73.5 cm³/mol. The molecule has 1 aromatic carbocycles. The first-order valence-corrected chi connectivity index (χ1v) is 7.62. The highest BCUT2D eigenvalue weighted by Crippen LogP contribution is 2.23. The second-order valence-corrected chi connectivity index (χ2v) is 6.57. The average molecular weight is 299 g/mol. The summed E-state index contributed by atoms with van der Waals surface area (Å²) < 4.78 is 27.0. The summed E-state index contributed by atoms with van der Waals surface area (Å²) in [5.74, 6) is -0.152. The van der Waals surface area contributed by atoms with E-state index < -0.39 is 10.0 Å². The fraction of sp³-hybridized carbons (Fsp3) is 0.417. The summed E-state index contributed by atoms with van der Waals surface area (Å²) in [5, 5.41) is 9.31. The minimum atomic E-state index is -3.72. The normalized spacial score (nSPS) is 20.1. The lowest BCUT2D eigenvalue weighted by Crippen LogP contribution is -2.48. The van der Waals surface area contributed by atoms with Crippen LogP contribution in [0.15, 0.2) is 23.1 Å². The van der Waals surface area contributed by atoms with Crippen LogP contribution < -0.4 is 10.5 Å². The van der Waals surface area contributed by atoms with E-state index in [0.717, 1.165) is 0 Å². The number of rotatable bonds is 3. The van der Waals surface area contributed by atoms with Gasteiger partial charge in [0, 0.05) is 26.1 Å². The number of hydrogen-bond donors (Lipinski definition) is 3. The van der Waals surface area contributed by atoms with E-state index in [9.17, 15) is 18.3 Å². The summed E-state index contributed by atoms with van der Waals surface area (Å²) in [4.78, 5) is 12.9. The van der Waals surface area contributed by atoms with Crippen LogP contribution in [0.4, 0.5) is 5.69 Å². The van der Waals surface area contributed by atoms with Gasteiger partial charge in [0.1, 0.15) is 5.75 Å². The van der Waals surface area contributed by atoms with Crippen molar-refractivity contribution in [2.75, 3.05) is 19.3 Å². The summed E-state index contributed by atoms with van der Waals surface area (Å²) in [6, 6.07) is 3.40. The summed E-state index contributed by atoms with van der Waals surface area (Å²) in [5.41, 5.74) is 5.50. The van der Waals surface area contributed by atoms with E-state index in [4.69, 9.17) is 5.73 Å². The van der Waals surface area contributed by atoms with Crippen molar-refractivity contribution in [3.8, 4) is 5.75 Å². The Hall–Kier alpha value is -1.80. The number of likely N-dealkylation sites (N-methyl/N-ethyl adjacent to an activating group) is 1. The molecule has 1 aliphatic rings. The van der Waals surface area contributed by atoms with E-state index in [1.54, 1.807) is 7.05 Å². The van der Waals surface area contributed by atoms with Gasteiger partial charge in [-0.2, -0.15) is 0 Å². The lowest BCUT2D eigenvalue weighted by molar-refractivity contribution is -0.132. The molecule has 1 heterocycles. The van der Waals surface area contributed by atoms with Crippen molar-refractivity contribution in [3.63, 3.8) is 0 Å². The monoisotopic (exact) mass is 299 g/mol. The van der Waals surface area contributed by atoms with Crippen molar-refractivity contribution in [3.05, 3.63) is 18.2 Å². The van der Waals surface area contributed by atoms with Crippen LogP contribution >= 0.6 is 0 Å². The number of sulfonamides is 1. The lowest BCUT2D eigenvalue weighted by atomic mass is 10.1. The second-order valence-electron chi connectivity index (χ2n) is 4.85. The van der Waals surface area contributed by atoms with E-state index in [1.807, 2.05) is 0 Å². The molecule has 1 fully saturated rings. The van der Waals surface area contributed by atoms with E-state index in [2.05, 4.69) is 4.72 Å². The summed E-state index contributed by atoms with van der Waals surface area (Å²) in [7, 11) is -2.08. The number of nitrogens with one attached hydrogen (secondary N) is 1. The number of piperidine rings is 1. The fourth-order valence-electron chi connectivity index (χ4n) is 2.10. The molecule has 0 aliphatic carbocycles. The second kappa shape index (κ2) is 5.29. The van der Waals surface area contributed by atoms with Crippen LogP contribution in [0.1, 0.15) is 12.8 Å². The Bertz CT molecular complexity index is 630. The molecule has 8 heteroatoms. The van der Waals surface area contributed by atoms with Gasteiger partial charge in [-0.15, -0.1) is 0 Å². The number of carbonyl (C=O) groups is 1. The van der Waals surface area contributed by atoms with Gasteiger partial charge in [-0.25, -0.2) is 13.1 Å². The number of nitrogens with zero attached hydrogens (tertiary/aromatic N) is 1. The number of carbonyl (C=O) groups excluding carboxylic acids is 1. The van der Waals surface area contributed by atoms with Crippen molar-refractivity contribution in [1.82, 2.24) is 9.62 Å². The number of benzene rings is 1. The van der Waals surface area contributed by atoms with Gasteiger partial charge < -0.3 is 15.7 Å². The fourth-order valence-corrected chi connectivity index (χ4v) is 3.39.